The molecule has 0 fully saturated rings. The number of benzene rings is 1. The number of anilines is 1. The maximum atomic E-state index is 12.8. The highest BCUT2D eigenvalue weighted by molar-refractivity contribution is 5.86. The van der Waals surface area contributed by atoms with Gasteiger partial charge < -0.3 is 14.4 Å². The van der Waals surface area contributed by atoms with Crippen LogP contribution in [-0.2, 0) is 17.8 Å². The van der Waals surface area contributed by atoms with E-state index in [-0.39, 0.29) is 12.0 Å². The van der Waals surface area contributed by atoms with Gasteiger partial charge >= 0.3 is 11.6 Å². The Bertz CT molecular complexity index is 1200. The molecule has 3 heterocycles. The molecule has 0 unspecified atom stereocenters. The number of carboxylic acid groups (broad SMARTS) is 1. The number of aliphatic carboxylic acids is 1. The van der Waals surface area contributed by atoms with Crippen LogP contribution in [0.15, 0.2) is 45.7 Å². The zero-order valence-corrected chi connectivity index (χ0v) is 18.9. The standard InChI is InChI=1S/C26H30N2O4/c1-3-27-12-7-8-20-15-21-16-22(26(31)32-24(21)17-23(20)27)19-10-13-28(18(2)14-19)11-6-4-5-9-25(29)30/h10,13-17H,3-9,11-12H2,1-2H3/p+1. The predicted octanol–water partition coefficient (Wildman–Crippen LogP) is 4.47. The average Bonchev–Trinajstić information content (AvgIpc) is 2.77. The first kappa shape index (κ1) is 22.1. The van der Waals surface area contributed by atoms with Crippen molar-refractivity contribution < 1.29 is 18.9 Å². The summed E-state index contributed by atoms with van der Waals surface area (Å²) < 4.78 is 7.89. The van der Waals surface area contributed by atoms with Gasteiger partial charge in [0.1, 0.15) is 12.1 Å². The molecule has 0 spiro atoms. The largest absolute Gasteiger partial charge is 0.481 e. The van der Waals surface area contributed by atoms with E-state index in [0.29, 0.717) is 17.6 Å². The number of rotatable bonds is 8. The molecule has 32 heavy (non-hydrogen) atoms. The second-order valence-corrected chi connectivity index (χ2v) is 8.60. The highest BCUT2D eigenvalue weighted by atomic mass is 16.4. The van der Waals surface area contributed by atoms with Crippen LogP contribution in [0, 0.1) is 6.92 Å². The summed E-state index contributed by atoms with van der Waals surface area (Å²) in [6, 6.07) is 10.1. The second-order valence-electron chi connectivity index (χ2n) is 8.60. The smallest absolute Gasteiger partial charge is 0.344 e. The van der Waals surface area contributed by atoms with Gasteiger partial charge in [-0.2, -0.15) is 0 Å². The van der Waals surface area contributed by atoms with Crippen molar-refractivity contribution in [3.05, 3.63) is 58.2 Å². The van der Waals surface area contributed by atoms with E-state index in [1.807, 2.05) is 37.4 Å². The molecule has 6 nitrogen and oxygen atoms in total. The van der Waals surface area contributed by atoms with E-state index in [0.717, 1.165) is 62.0 Å². The molecular weight excluding hydrogens is 404 g/mol. The molecule has 6 heteroatoms. The Kier molecular flexibility index (Phi) is 6.58. The summed E-state index contributed by atoms with van der Waals surface area (Å²) in [7, 11) is 0. The Balaban J connectivity index is 1.58. The molecule has 1 N–H and O–H groups in total. The summed E-state index contributed by atoms with van der Waals surface area (Å²) in [4.78, 5) is 25.8. The molecule has 0 saturated heterocycles. The van der Waals surface area contributed by atoms with Crippen molar-refractivity contribution >= 4 is 22.6 Å². The fraction of sp³-hybridized carbons (Fsp3) is 0.423. The van der Waals surface area contributed by atoms with Gasteiger partial charge in [0.15, 0.2) is 11.9 Å². The Hall–Kier alpha value is -3.15. The van der Waals surface area contributed by atoms with Crippen molar-refractivity contribution in [3.63, 3.8) is 0 Å². The molecule has 168 valence electrons. The average molecular weight is 436 g/mol. The fourth-order valence-electron chi connectivity index (χ4n) is 4.61. The number of hydrogen-bond acceptors (Lipinski definition) is 4. The molecule has 0 atom stereocenters. The van der Waals surface area contributed by atoms with E-state index in [1.165, 1.54) is 11.3 Å². The SMILES string of the molecule is CCN1CCCc2cc3cc(-c4cc[n+](CCCCCC(=O)O)c(C)c4)c(=O)oc3cc21. The van der Waals surface area contributed by atoms with Gasteiger partial charge in [-0.3, -0.25) is 4.79 Å². The number of hydrogen-bond donors (Lipinski definition) is 1. The molecule has 3 aromatic rings. The third-order valence-electron chi connectivity index (χ3n) is 6.38. The van der Waals surface area contributed by atoms with E-state index in [9.17, 15) is 9.59 Å². The van der Waals surface area contributed by atoms with Gasteiger partial charge in [-0.05, 0) is 50.3 Å². The molecular formula is C26H31N2O4+. The molecule has 2 aromatic heterocycles. The number of unbranched alkanes of at least 4 members (excludes halogenated alkanes) is 2. The summed E-state index contributed by atoms with van der Waals surface area (Å²) in [6.45, 7) is 7.00. The Morgan fingerprint density at radius 2 is 2.03 bits per heavy atom. The lowest BCUT2D eigenvalue weighted by atomic mass is 9.98. The molecule has 0 amide bonds. The lowest BCUT2D eigenvalue weighted by Crippen LogP contribution is -2.36. The van der Waals surface area contributed by atoms with Crippen LogP contribution in [0.25, 0.3) is 22.1 Å². The first-order valence-corrected chi connectivity index (χ1v) is 11.5. The van der Waals surface area contributed by atoms with Crippen molar-refractivity contribution in [1.82, 2.24) is 0 Å². The first-order chi connectivity index (χ1) is 15.5. The summed E-state index contributed by atoms with van der Waals surface area (Å²) in [6.07, 6.45) is 6.92. The van der Waals surface area contributed by atoms with Crippen LogP contribution in [0.2, 0.25) is 0 Å². The molecule has 1 aliphatic rings. The Labute approximate surface area is 188 Å². The number of pyridine rings is 1. The lowest BCUT2D eigenvalue weighted by molar-refractivity contribution is -0.703. The molecule has 0 saturated carbocycles. The molecule has 4 rings (SSSR count). The maximum absolute atomic E-state index is 12.8. The van der Waals surface area contributed by atoms with Crippen molar-refractivity contribution in [2.45, 2.75) is 58.9 Å². The van der Waals surface area contributed by atoms with Crippen LogP contribution in [-0.4, -0.2) is 24.2 Å². The van der Waals surface area contributed by atoms with E-state index in [4.69, 9.17) is 9.52 Å². The number of carbonyl (C=O) groups is 1. The molecule has 1 aromatic carbocycles. The fourth-order valence-corrected chi connectivity index (χ4v) is 4.61. The third-order valence-corrected chi connectivity index (χ3v) is 6.38. The third kappa shape index (κ3) is 4.69. The van der Waals surface area contributed by atoms with Crippen molar-refractivity contribution in [3.8, 4) is 11.1 Å². The van der Waals surface area contributed by atoms with Gasteiger partial charge in [-0.15, -0.1) is 0 Å². The number of aromatic nitrogens is 1. The minimum absolute atomic E-state index is 0.222. The number of nitrogens with zero attached hydrogens (tertiary/aromatic N) is 2. The lowest BCUT2D eigenvalue weighted by Gasteiger charge is -2.30. The molecule has 1 aliphatic heterocycles. The van der Waals surface area contributed by atoms with Crippen molar-refractivity contribution in [2.75, 3.05) is 18.0 Å². The van der Waals surface area contributed by atoms with Gasteiger partial charge in [-0.1, -0.05) is 0 Å². The molecule has 0 bridgehead atoms. The van der Waals surface area contributed by atoms with Crippen LogP contribution < -0.4 is 15.1 Å². The summed E-state index contributed by atoms with van der Waals surface area (Å²) in [5.74, 6) is -0.740. The Morgan fingerprint density at radius 3 is 2.78 bits per heavy atom. The summed E-state index contributed by atoms with van der Waals surface area (Å²) >= 11 is 0. The minimum atomic E-state index is -0.740. The van der Waals surface area contributed by atoms with Gasteiger partial charge in [0.05, 0.1) is 5.56 Å². The van der Waals surface area contributed by atoms with Crippen LogP contribution in [0.1, 0.15) is 50.3 Å². The second kappa shape index (κ2) is 9.55. The normalized spacial score (nSPS) is 13.4. The predicted molar refractivity (Wildman–Crippen MR) is 125 cm³/mol. The summed E-state index contributed by atoms with van der Waals surface area (Å²) in [5.41, 5.74) is 5.32. The highest BCUT2D eigenvalue weighted by Gasteiger charge is 2.19. The van der Waals surface area contributed by atoms with Crippen LogP contribution >= 0.6 is 0 Å². The summed E-state index contributed by atoms with van der Waals surface area (Å²) in [5, 5.41) is 9.70. The van der Waals surface area contributed by atoms with Crippen molar-refractivity contribution in [2.24, 2.45) is 0 Å². The highest BCUT2D eigenvalue weighted by Crippen LogP contribution is 2.32. The number of aryl methyl sites for hydroxylation is 3. The first-order valence-electron chi connectivity index (χ1n) is 11.5. The molecule has 0 radical (unpaired) electrons. The van der Waals surface area contributed by atoms with Gasteiger partial charge in [0, 0.05) is 67.7 Å². The monoisotopic (exact) mass is 435 g/mol. The zero-order valence-electron chi connectivity index (χ0n) is 18.9. The zero-order chi connectivity index (χ0) is 22.7. The Morgan fingerprint density at radius 1 is 1.19 bits per heavy atom. The van der Waals surface area contributed by atoms with Crippen LogP contribution in [0.3, 0.4) is 0 Å². The van der Waals surface area contributed by atoms with Crippen molar-refractivity contribution in [1.29, 1.82) is 0 Å². The van der Waals surface area contributed by atoms with Gasteiger partial charge in [0.25, 0.3) is 0 Å². The van der Waals surface area contributed by atoms with Crippen LogP contribution in [0.5, 0.6) is 0 Å². The van der Waals surface area contributed by atoms with E-state index in [2.05, 4.69) is 22.5 Å². The van der Waals surface area contributed by atoms with Gasteiger partial charge in [-0.25, -0.2) is 9.36 Å². The topological polar surface area (TPSA) is 74.6 Å². The molecule has 0 aliphatic carbocycles. The quantitative estimate of drug-likeness (QED) is 0.321. The van der Waals surface area contributed by atoms with Gasteiger partial charge in [0.2, 0.25) is 0 Å². The minimum Gasteiger partial charge on any atom is -0.481 e. The number of fused-ring (bicyclic) bond motifs is 2. The van der Waals surface area contributed by atoms with E-state index < -0.39 is 5.97 Å². The van der Waals surface area contributed by atoms with E-state index >= 15 is 0 Å². The maximum Gasteiger partial charge on any atom is 0.344 e. The van der Waals surface area contributed by atoms with E-state index in [1.54, 1.807) is 0 Å². The number of carboxylic acids is 1. The van der Waals surface area contributed by atoms with Crippen LogP contribution in [0.4, 0.5) is 5.69 Å².